The summed E-state index contributed by atoms with van der Waals surface area (Å²) in [5.41, 5.74) is 1.94. The Morgan fingerprint density at radius 3 is 2.70 bits per heavy atom. The van der Waals surface area contributed by atoms with Crippen LogP contribution in [0.5, 0.6) is 0 Å². The second kappa shape index (κ2) is 9.25. The van der Waals surface area contributed by atoms with E-state index < -0.39 is 23.7 Å². The van der Waals surface area contributed by atoms with Gasteiger partial charge in [-0.3, -0.25) is 4.99 Å². The van der Waals surface area contributed by atoms with Gasteiger partial charge in [-0.15, -0.1) is 0 Å². The van der Waals surface area contributed by atoms with Crippen molar-refractivity contribution in [1.29, 1.82) is 0 Å². The quantitative estimate of drug-likeness (QED) is 0.485. The number of ether oxygens (including phenoxy) is 2. The van der Waals surface area contributed by atoms with Gasteiger partial charge in [0, 0.05) is 11.6 Å². The van der Waals surface area contributed by atoms with Crippen LogP contribution in [0.2, 0.25) is 0 Å². The number of esters is 1. The zero-order valence-electron chi connectivity index (χ0n) is 15.8. The third kappa shape index (κ3) is 4.82. The van der Waals surface area contributed by atoms with Crippen LogP contribution in [-0.2, 0) is 14.3 Å². The van der Waals surface area contributed by atoms with Crippen LogP contribution in [0.25, 0.3) is 4.85 Å². The van der Waals surface area contributed by atoms with E-state index in [4.69, 9.17) is 16.0 Å². The molecule has 0 radical (unpaired) electrons. The fourth-order valence-electron chi connectivity index (χ4n) is 2.98. The molecule has 27 heavy (non-hydrogen) atoms. The molecule has 0 aliphatic carbocycles. The molecule has 1 aromatic carbocycles. The normalized spacial score (nSPS) is 19.7. The van der Waals surface area contributed by atoms with Crippen LogP contribution in [0.1, 0.15) is 32.3 Å². The Hall–Kier alpha value is -2.04. The van der Waals surface area contributed by atoms with E-state index in [1.165, 1.54) is 19.2 Å². The predicted octanol–water partition coefficient (Wildman–Crippen LogP) is 4.53. The largest absolute Gasteiger partial charge is 0.462 e. The highest BCUT2D eigenvalue weighted by atomic mass is 79.9. The van der Waals surface area contributed by atoms with Crippen LogP contribution in [0, 0.1) is 18.3 Å². The number of benzene rings is 1. The molecule has 1 aromatic rings. The van der Waals surface area contributed by atoms with Gasteiger partial charge in [-0.2, -0.15) is 0 Å². The Morgan fingerprint density at radius 2 is 2.15 bits per heavy atom. The summed E-state index contributed by atoms with van der Waals surface area (Å²) < 4.78 is 24.7. The van der Waals surface area contributed by atoms with Gasteiger partial charge in [0.1, 0.15) is 11.7 Å². The summed E-state index contributed by atoms with van der Waals surface area (Å²) in [6.45, 7) is 13.6. The minimum absolute atomic E-state index is 0.115. The van der Waals surface area contributed by atoms with Crippen molar-refractivity contribution in [1.82, 2.24) is 0 Å². The average molecular weight is 437 g/mol. The third-order valence-corrected chi connectivity index (χ3v) is 4.85. The predicted molar refractivity (Wildman–Crippen MR) is 105 cm³/mol. The van der Waals surface area contributed by atoms with Crippen molar-refractivity contribution >= 4 is 27.6 Å². The number of rotatable bonds is 6. The van der Waals surface area contributed by atoms with Crippen LogP contribution in [0.3, 0.4) is 0 Å². The van der Waals surface area contributed by atoms with E-state index >= 15 is 0 Å². The zero-order valence-corrected chi connectivity index (χ0v) is 17.3. The Kier molecular flexibility index (Phi) is 7.28. The summed E-state index contributed by atoms with van der Waals surface area (Å²) in [5.74, 6) is -1.39. The minimum atomic E-state index is -0.686. The molecule has 2 unspecified atom stereocenters. The van der Waals surface area contributed by atoms with Crippen molar-refractivity contribution in [3.63, 3.8) is 0 Å². The summed E-state index contributed by atoms with van der Waals surface area (Å²) in [6, 6.07) is 3.54. The molecule has 0 fully saturated rings. The lowest BCUT2D eigenvalue weighted by Crippen LogP contribution is -2.34. The number of hydrogen-bond donors (Lipinski definition) is 0. The standard InChI is InChI=1S/C20H22BrFN2O3/c1-11(2)9-27-20(25)18-16(10-26-5)24-12(3)19(23-4)17(18)14-7-6-13(22)8-15(14)21/h6-8,11,17,19H,9-10H2,1-3,5H3. The minimum Gasteiger partial charge on any atom is -0.462 e. The van der Waals surface area contributed by atoms with Gasteiger partial charge in [-0.25, -0.2) is 15.8 Å². The molecule has 2 rings (SSSR count). The maximum absolute atomic E-state index is 13.6. The molecule has 144 valence electrons. The van der Waals surface area contributed by atoms with Crippen LogP contribution in [0.15, 0.2) is 38.9 Å². The first-order valence-corrected chi connectivity index (χ1v) is 9.35. The number of carbonyl (C=O) groups is 1. The molecule has 0 bridgehead atoms. The van der Waals surface area contributed by atoms with E-state index in [-0.39, 0.29) is 24.7 Å². The van der Waals surface area contributed by atoms with E-state index in [2.05, 4.69) is 25.8 Å². The average Bonchev–Trinajstić information content (AvgIpc) is 2.59. The molecule has 2 atom stereocenters. The van der Waals surface area contributed by atoms with E-state index in [0.717, 1.165) is 0 Å². The molecule has 0 saturated carbocycles. The molecular formula is C20H22BrFN2O3. The summed E-state index contributed by atoms with van der Waals surface area (Å²) >= 11 is 3.37. The molecular weight excluding hydrogens is 415 g/mol. The Morgan fingerprint density at radius 1 is 1.44 bits per heavy atom. The maximum atomic E-state index is 13.6. The van der Waals surface area contributed by atoms with Gasteiger partial charge in [0.25, 0.3) is 6.04 Å². The molecule has 0 amide bonds. The fraction of sp³-hybridized carbons (Fsp3) is 0.450. The number of aliphatic imine (C=N–C) groups is 1. The Balaban J connectivity index is 2.63. The van der Waals surface area contributed by atoms with Gasteiger partial charge in [-0.05, 0) is 30.5 Å². The lowest BCUT2D eigenvalue weighted by Gasteiger charge is -2.27. The number of methoxy groups -OCH3 is 1. The van der Waals surface area contributed by atoms with Gasteiger partial charge in [-0.1, -0.05) is 35.8 Å². The highest BCUT2D eigenvalue weighted by Crippen LogP contribution is 2.40. The Labute approximate surface area is 167 Å². The zero-order chi connectivity index (χ0) is 20.1. The summed E-state index contributed by atoms with van der Waals surface area (Å²) in [7, 11) is 1.51. The van der Waals surface area contributed by atoms with Crippen molar-refractivity contribution in [2.24, 2.45) is 10.9 Å². The van der Waals surface area contributed by atoms with Crippen LogP contribution >= 0.6 is 15.9 Å². The van der Waals surface area contributed by atoms with E-state index in [0.29, 0.717) is 21.4 Å². The van der Waals surface area contributed by atoms with E-state index in [9.17, 15) is 9.18 Å². The van der Waals surface area contributed by atoms with Crippen LogP contribution in [0.4, 0.5) is 4.39 Å². The van der Waals surface area contributed by atoms with Crippen LogP contribution in [-0.4, -0.2) is 38.0 Å². The van der Waals surface area contributed by atoms with Crippen molar-refractivity contribution in [2.45, 2.75) is 32.7 Å². The van der Waals surface area contributed by atoms with E-state index in [1.807, 2.05) is 13.8 Å². The van der Waals surface area contributed by atoms with Gasteiger partial charge >= 0.3 is 5.97 Å². The molecule has 0 N–H and O–H groups in total. The van der Waals surface area contributed by atoms with Crippen molar-refractivity contribution in [3.05, 3.63) is 56.7 Å². The molecule has 1 aliphatic rings. The second-order valence-corrected chi connectivity index (χ2v) is 7.61. The first-order valence-electron chi connectivity index (χ1n) is 8.55. The summed E-state index contributed by atoms with van der Waals surface area (Å²) in [5, 5.41) is 0. The molecule has 1 aliphatic heterocycles. The van der Waals surface area contributed by atoms with Crippen molar-refractivity contribution in [2.75, 3.05) is 20.3 Å². The molecule has 5 nitrogen and oxygen atoms in total. The topological polar surface area (TPSA) is 52.2 Å². The Bertz CT molecular complexity index is 827. The molecule has 0 saturated heterocycles. The summed E-state index contributed by atoms with van der Waals surface area (Å²) in [4.78, 5) is 21.1. The summed E-state index contributed by atoms with van der Waals surface area (Å²) in [6.07, 6.45) is 0. The maximum Gasteiger partial charge on any atom is 0.336 e. The number of nitrogens with zero attached hydrogens (tertiary/aromatic N) is 2. The molecule has 7 heteroatoms. The first-order chi connectivity index (χ1) is 12.8. The first kappa shape index (κ1) is 21.3. The van der Waals surface area contributed by atoms with Crippen molar-refractivity contribution < 1.29 is 18.7 Å². The smallest absolute Gasteiger partial charge is 0.336 e. The number of carbonyl (C=O) groups excluding carboxylic acids is 1. The monoisotopic (exact) mass is 436 g/mol. The van der Waals surface area contributed by atoms with E-state index in [1.54, 1.807) is 13.0 Å². The van der Waals surface area contributed by atoms with Crippen LogP contribution < -0.4 is 0 Å². The number of halogens is 2. The molecule has 0 spiro atoms. The molecule has 1 heterocycles. The second-order valence-electron chi connectivity index (χ2n) is 6.76. The highest BCUT2D eigenvalue weighted by Gasteiger charge is 2.43. The van der Waals surface area contributed by atoms with Gasteiger partial charge < -0.3 is 14.3 Å². The molecule has 0 aromatic heterocycles. The van der Waals surface area contributed by atoms with Gasteiger partial charge in [0.2, 0.25) is 0 Å². The SMILES string of the molecule is [C-]#[N+]C1C(C)=NC(COC)=C(C(=O)OCC(C)C)C1c1ccc(F)cc1Br. The number of hydrogen-bond acceptors (Lipinski definition) is 4. The third-order valence-electron chi connectivity index (χ3n) is 4.16. The lowest BCUT2D eigenvalue weighted by atomic mass is 9.80. The highest BCUT2D eigenvalue weighted by molar-refractivity contribution is 9.10. The van der Waals surface area contributed by atoms with Gasteiger partial charge in [0.05, 0.1) is 30.2 Å². The lowest BCUT2D eigenvalue weighted by molar-refractivity contribution is -0.140. The van der Waals surface area contributed by atoms with Crippen molar-refractivity contribution in [3.8, 4) is 0 Å². The van der Waals surface area contributed by atoms with Gasteiger partial charge in [0.15, 0.2) is 0 Å². The fourth-order valence-corrected chi connectivity index (χ4v) is 3.57.